The van der Waals surface area contributed by atoms with Crippen LogP contribution in [0.5, 0.6) is 5.75 Å². The predicted octanol–water partition coefficient (Wildman–Crippen LogP) is -0.619. The van der Waals surface area contributed by atoms with E-state index in [-0.39, 0.29) is 5.56 Å². The van der Waals surface area contributed by atoms with Crippen LogP contribution in [0, 0.1) is 0 Å². The number of carbonyl (C=O) groups excluding carboxylic acids is 1. The topological polar surface area (TPSA) is 100 Å². The van der Waals surface area contributed by atoms with Gasteiger partial charge in [0.2, 0.25) is 0 Å². The fourth-order valence-corrected chi connectivity index (χ4v) is 0.643. The Morgan fingerprint density at radius 3 is 2.07 bits per heavy atom. The van der Waals surface area contributed by atoms with Gasteiger partial charge in [0.1, 0.15) is 0 Å². The number of hydrogen-bond acceptors (Lipinski definition) is 4. The summed E-state index contributed by atoms with van der Waals surface area (Å²) in [5.41, 5.74) is -0.178. The van der Waals surface area contributed by atoms with Crippen LogP contribution in [0.1, 0.15) is 10.4 Å². The van der Waals surface area contributed by atoms with Crippen LogP contribution in [0.3, 0.4) is 0 Å². The first-order chi connectivity index (χ1) is 6.99. The van der Waals surface area contributed by atoms with Gasteiger partial charge in [-0.05, 0) is 12.1 Å². The van der Waals surface area contributed by atoms with Crippen LogP contribution >= 0.6 is 0 Å². The van der Waals surface area contributed by atoms with Crippen molar-refractivity contribution < 1.29 is 24.9 Å². The normalized spacial score (nSPS) is 8.27. The second kappa shape index (κ2) is 6.20. The predicted molar refractivity (Wildman–Crippen MR) is 48.1 cm³/mol. The molecule has 1 aromatic rings. The molecule has 1 N–H and O–H groups in total. The van der Waals surface area contributed by atoms with Crippen LogP contribution < -0.4 is 10.2 Å². The van der Waals surface area contributed by atoms with Crippen molar-refractivity contribution in [1.82, 2.24) is 0 Å². The largest absolute Gasteiger partial charge is 0.872 e. The van der Waals surface area contributed by atoms with Gasteiger partial charge in [-0.1, -0.05) is 30.5 Å². The third kappa shape index (κ3) is 5.09. The summed E-state index contributed by atoms with van der Waals surface area (Å²) in [5, 5.41) is 28.2. The molecule has 1 rings (SSSR count). The molecule has 0 unspecified atom stereocenters. The van der Waals surface area contributed by atoms with Gasteiger partial charge in [-0.25, -0.2) is 4.79 Å². The lowest BCUT2D eigenvalue weighted by Gasteiger charge is -2.07. The van der Waals surface area contributed by atoms with E-state index in [0.717, 1.165) is 6.08 Å². The van der Waals surface area contributed by atoms with E-state index in [9.17, 15) is 9.90 Å². The first kappa shape index (κ1) is 12.7. The molecule has 0 aliphatic heterocycles. The highest BCUT2D eigenvalue weighted by Crippen LogP contribution is 2.10. The maximum Gasteiger partial charge on any atom is 0.335 e. The quantitative estimate of drug-likeness (QED) is 0.653. The molecular formula is C10H8O5-2. The number of para-hydroxylation sites is 1. The standard InChI is InChI=1S/C7H6O3.C3H4O2/c8-6-4-2-1-3-5(6)7(9)10;1-2-3(4)5/h1-4,8H,(H,9,10);2H,1H2,(H,4,5)/p-2. The zero-order valence-corrected chi connectivity index (χ0v) is 7.67. The van der Waals surface area contributed by atoms with Crippen LogP contribution in [0.15, 0.2) is 36.9 Å². The molecule has 1 aromatic carbocycles. The van der Waals surface area contributed by atoms with Gasteiger partial charge in [-0.2, -0.15) is 0 Å². The maximum absolute atomic E-state index is 10.7. The summed E-state index contributed by atoms with van der Waals surface area (Å²) in [6.45, 7) is 2.90. The van der Waals surface area contributed by atoms with Gasteiger partial charge < -0.3 is 20.1 Å². The molecule has 0 aromatic heterocycles. The third-order valence-corrected chi connectivity index (χ3v) is 1.28. The zero-order valence-electron chi connectivity index (χ0n) is 7.67. The minimum Gasteiger partial charge on any atom is -0.872 e. The third-order valence-electron chi connectivity index (χ3n) is 1.28. The summed E-state index contributed by atoms with van der Waals surface area (Å²) < 4.78 is 0. The van der Waals surface area contributed by atoms with Crippen LogP contribution in [0.25, 0.3) is 0 Å². The average Bonchev–Trinajstić information content (AvgIpc) is 2.19. The molecule has 0 fully saturated rings. The highest BCUT2D eigenvalue weighted by Gasteiger charge is 1.99. The average molecular weight is 208 g/mol. The Morgan fingerprint density at radius 2 is 1.80 bits per heavy atom. The van der Waals surface area contributed by atoms with Gasteiger partial charge in [0.05, 0.1) is 11.5 Å². The van der Waals surface area contributed by atoms with E-state index in [0.29, 0.717) is 0 Å². The molecule has 0 saturated heterocycles. The van der Waals surface area contributed by atoms with E-state index in [1.807, 2.05) is 0 Å². The number of aromatic carboxylic acids is 1. The molecule has 0 atom stereocenters. The summed E-state index contributed by atoms with van der Waals surface area (Å²) in [6, 6.07) is 5.54. The van der Waals surface area contributed by atoms with Crippen LogP contribution in [0.2, 0.25) is 0 Å². The van der Waals surface area contributed by atoms with Gasteiger partial charge in [0, 0.05) is 0 Å². The minimum atomic E-state index is -1.23. The fourth-order valence-electron chi connectivity index (χ4n) is 0.643. The lowest BCUT2D eigenvalue weighted by molar-refractivity contribution is -0.297. The molecule has 0 heterocycles. The summed E-state index contributed by atoms with van der Waals surface area (Å²) in [5.74, 6) is -2.86. The number of aliphatic carboxylic acids is 1. The lowest BCUT2D eigenvalue weighted by atomic mass is 10.2. The van der Waals surface area contributed by atoms with Crippen molar-refractivity contribution in [2.45, 2.75) is 0 Å². The highest BCUT2D eigenvalue weighted by molar-refractivity contribution is 5.90. The molecule has 15 heavy (non-hydrogen) atoms. The molecule has 0 radical (unpaired) electrons. The maximum atomic E-state index is 10.7. The molecule has 0 spiro atoms. The molecule has 0 aliphatic rings. The Hall–Kier alpha value is -2.30. The van der Waals surface area contributed by atoms with Crippen molar-refractivity contribution in [3.8, 4) is 5.75 Å². The molecule has 0 saturated carbocycles. The highest BCUT2D eigenvalue weighted by atomic mass is 16.4. The molecule has 80 valence electrons. The van der Waals surface area contributed by atoms with E-state index in [1.165, 1.54) is 24.3 Å². The number of rotatable bonds is 2. The SMILES string of the molecule is C=CC(=O)[O-].O=C(O)c1ccccc1[O-]. The molecule has 5 heteroatoms. The zero-order chi connectivity index (χ0) is 11.8. The van der Waals surface area contributed by atoms with Crippen LogP contribution in [-0.4, -0.2) is 17.0 Å². The van der Waals surface area contributed by atoms with Crippen molar-refractivity contribution in [1.29, 1.82) is 0 Å². The summed E-state index contributed by atoms with van der Waals surface area (Å²) >= 11 is 0. The minimum absolute atomic E-state index is 0.178. The van der Waals surface area contributed by atoms with Gasteiger partial charge in [-0.15, -0.1) is 0 Å². The van der Waals surface area contributed by atoms with Crippen LogP contribution in [0.4, 0.5) is 0 Å². The Morgan fingerprint density at radius 1 is 1.33 bits per heavy atom. The van der Waals surface area contributed by atoms with Crippen LogP contribution in [-0.2, 0) is 4.79 Å². The Bertz CT molecular complexity index is 370. The number of hydrogen-bond donors (Lipinski definition) is 1. The summed E-state index contributed by atoms with van der Waals surface area (Å²) in [6.07, 6.45) is 0.722. The van der Waals surface area contributed by atoms with E-state index < -0.39 is 17.7 Å². The smallest absolute Gasteiger partial charge is 0.335 e. The number of carbonyl (C=O) groups is 2. The molecule has 0 bridgehead atoms. The Kier molecular flexibility index (Phi) is 5.25. The fraction of sp³-hybridized carbons (Fsp3) is 0. The lowest BCUT2D eigenvalue weighted by Crippen LogP contribution is -2.17. The molecule has 0 aliphatic carbocycles. The number of carboxylic acid groups (broad SMARTS) is 2. The first-order valence-electron chi connectivity index (χ1n) is 3.81. The van der Waals surface area contributed by atoms with Crippen molar-refractivity contribution >= 4 is 11.9 Å². The van der Waals surface area contributed by atoms with Crippen molar-refractivity contribution in [3.63, 3.8) is 0 Å². The Balaban J connectivity index is 0.000000336. The van der Waals surface area contributed by atoms with Gasteiger partial charge >= 0.3 is 5.97 Å². The monoisotopic (exact) mass is 208 g/mol. The van der Waals surface area contributed by atoms with E-state index in [4.69, 9.17) is 15.0 Å². The van der Waals surface area contributed by atoms with E-state index in [2.05, 4.69) is 6.58 Å². The van der Waals surface area contributed by atoms with Gasteiger partial charge in [0.15, 0.2) is 0 Å². The summed E-state index contributed by atoms with van der Waals surface area (Å²) in [4.78, 5) is 19.4. The van der Waals surface area contributed by atoms with Gasteiger partial charge in [0.25, 0.3) is 0 Å². The Labute approximate surface area is 85.9 Å². The van der Waals surface area contributed by atoms with Gasteiger partial charge in [-0.3, -0.25) is 0 Å². The molecule has 5 nitrogen and oxygen atoms in total. The number of carboxylic acids is 2. The first-order valence-corrected chi connectivity index (χ1v) is 3.81. The van der Waals surface area contributed by atoms with Crippen molar-refractivity contribution in [3.05, 3.63) is 42.5 Å². The van der Waals surface area contributed by atoms with E-state index in [1.54, 1.807) is 0 Å². The molecule has 0 amide bonds. The second-order valence-corrected chi connectivity index (χ2v) is 2.32. The summed E-state index contributed by atoms with van der Waals surface area (Å²) in [7, 11) is 0. The number of benzene rings is 1. The van der Waals surface area contributed by atoms with Crippen molar-refractivity contribution in [2.24, 2.45) is 0 Å². The van der Waals surface area contributed by atoms with E-state index >= 15 is 0 Å². The molecular weight excluding hydrogens is 200 g/mol. The van der Waals surface area contributed by atoms with Crippen molar-refractivity contribution in [2.75, 3.05) is 0 Å². The second-order valence-electron chi connectivity index (χ2n) is 2.32.